The van der Waals surface area contributed by atoms with Gasteiger partial charge < -0.3 is 5.11 Å². The van der Waals surface area contributed by atoms with Gasteiger partial charge in [0.05, 0.1) is 17.0 Å². The maximum atomic E-state index is 12.4. The molecule has 3 atom stereocenters. The van der Waals surface area contributed by atoms with Gasteiger partial charge in [-0.15, -0.1) is 0 Å². The lowest BCUT2D eigenvalue weighted by molar-refractivity contribution is 0.0703. The molecule has 0 spiro atoms. The minimum absolute atomic E-state index is 0.0306. The maximum Gasteiger partial charge on any atom is 0.240 e. The highest BCUT2D eigenvalue weighted by Gasteiger charge is 2.31. The Morgan fingerprint density at radius 1 is 1.19 bits per heavy atom. The van der Waals surface area contributed by atoms with Crippen molar-refractivity contribution in [1.29, 1.82) is 0 Å². The number of aliphatic hydroxyl groups excluding tert-OH is 1. The van der Waals surface area contributed by atoms with Crippen molar-refractivity contribution in [3.63, 3.8) is 0 Å². The highest BCUT2D eigenvalue weighted by molar-refractivity contribution is 7.89. The van der Waals surface area contributed by atoms with Gasteiger partial charge in [-0.05, 0) is 36.1 Å². The third kappa shape index (κ3) is 4.95. The predicted molar refractivity (Wildman–Crippen MR) is 85.9 cm³/mol. The van der Waals surface area contributed by atoms with Crippen LogP contribution < -0.4 is 4.72 Å². The van der Waals surface area contributed by atoms with Crippen molar-refractivity contribution < 1.29 is 13.5 Å². The molecule has 1 unspecified atom stereocenters. The van der Waals surface area contributed by atoms with E-state index >= 15 is 0 Å². The molecule has 0 aliphatic heterocycles. The zero-order chi connectivity index (χ0) is 16.2. The zero-order valence-corrected chi connectivity index (χ0v) is 14.4. The molecule has 1 rings (SSSR count). The van der Waals surface area contributed by atoms with Gasteiger partial charge in [0.1, 0.15) is 0 Å². The van der Waals surface area contributed by atoms with Gasteiger partial charge in [-0.25, -0.2) is 13.1 Å². The Kier molecular flexibility index (Phi) is 6.66. The molecule has 6 heteroatoms. The van der Waals surface area contributed by atoms with E-state index in [4.69, 9.17) is 11.6 Å². The smallest absolute Gasteiger partial charge is 0.240 e. The molecule has 0 aromatic heterocycles. The summed E-state index contributed by atoms with van der Waals surface area (Å²) in [5.74, 6) is 0.00129. The summed E-state index contributed by atoms with van der Waals surface area (Å²) in [6.07, 6.45) is 0.0411. The van der Waals surface area contributed by atoms with E-state index in [0.29, 0.717) is 5.02 Å². The highest BCUT2D eigenvalue weighted by atomic mass is 35.5. The monoisotopic (exact) mass is 333 g/mol. The van der Waals surface area contributed by atoms with Crippen molar-refractivity contribution in [3.8, 4) is 0 Å². The number of rotatable bonds is 7. The van der Waals surface area contributed by atoms with Gasteiger partial charge >= 0.3 is 0 Å². The second-order valence-corrected chi connectivity index (χ2v) is 7.87. The first kappa shape index (κ1) is 18.4. The van der Waals surface area contributed by atoms with Crippen molar-refractivity contribution in [1.82, 2.24) is 4.72 Å². The van der Waals surface area contributed by atoms with E-state index in [1.165, 1.54) is 24.3 Å². The molecule has 120 valence electrons. The first-order valence-electron chi connectivity index (χ1n) is 7.15. The minimum Gasteiger partial charge on any atom is -0.391 e. The van der Waals surface area contributed by atoms with Crippen LogP contribution in [-0.2, 0) is 10.0 Å². The van der Waals surface area contributed by atoms with Gasteiger partial charge in [-0.2, -0.15) is 0 Å². The van der Waals surface area contributed by atoms with E-state index in [2.05, 4.69) is 4.72 Å². The Hall–Kier alpha value is -0.620. The number of hydrogen-bond acceptors (Lipinski definition) is 3. The molecule has 4 nitrogen and oxygen atoms in total. The SMILES string of the molecule is CC[C@H](C)[C@H](NS(=O)(=O)c1ccc(Cl)cc1)C(O)C(C)C. The lowest BCUT2D eigenvalue weighted by atomic mass is 9.89. The summed E-state index contributed by atoms with van der Waals surface area (Å²) in [5, 5.41) is 10.8. The molecule has 21 heavy (non-hydrogen) atoms. The molecule has 1 aromatic rings. The average molecular weight is 334 g/mol. The first-order valence-corrected chi connectivity index (χ1v) is 9.01. The molecule has 0 fully saturated rings. The number of sulfonamides is 1. The van der Waals surface area contributed by atoms with Gasteiger partial charge in [0.25, 0.3) is 0 Å². The van der Waals surface area contributed by atoms with E-state index in [1.807, 2.05) is 27.7 Å². The van der Waals surface area contributed by atoms with Gasteiger partial charge in [0.2, 0.25) is 10.0 Å². The van der Waals surface area contributed by atoms with Crippen molar-refractivity contribution >= 4 is 21.6 Å². The minimum atomic E-state index is -3.68. The van der Waals surface area contributed by atoms with E-state index < -0.39 is 22.2 Å². The molecular weight excluding hydrogens is 310 g/mol. The fourth-order valence-corrected chi connectivity index (χ4v) is 3.54. The Bertz CT molecular complexity index is 543. The van der Waals surface area contributed by atoms with Gasteiger partial charge in [0.15, 0.2) is 0 Å². The summed E-state index contributed by atoms with van der Waals surface area (Å²) in [5.41, 5.74) is 0. The fraction of sp³-hybridized carbons (Fsp3) is 0.600. The van der Waals surface area contributed by atoms with Gasteiger partial charge in [-0.3, -0.25) is 0 Å². The van der Waals surface area contributed by atoms with Crippen LogP contribution in [0.3, 0.4) is 0 Å². The molecule has 0 bridgehead atoms. The number of hydrogen-bond donors (Lipinski definition) is 2. The highest BCUT2D eigenvalue weighted by Crippen LogP contribution is 2.20. The molecule has 0 aliphatic carbocycles. The molecule has 0 aliphatic rings. The molecular formula is C15H24ClNO3S. The Morgan fingerprint density at radius 2 is 1.71 bits per heavy atom. The molecule has 2 N–H and O–H groups in total. The zero-order valence-electron chi connectivity index (χ0n) is 12.9. The van der Waals surface area contributed by atoms with Crippen LogP contribution in [0.5, 0.6) is 0 Å². The summed E-state index contributed by atoms with van der Waals surface area (Å²) < 4.78 is 27.5. The van der Waals surface area contributed by atoms with Crippen LogP contribution in [0.25, 0.3) is 0 Å². The maximum absolute atomic E-state index is 12.4. The van der Waals surface area contributed by atoms with Crippen LogP contribution in [0.1, 0.15) is 34.1 Å². The standard InChI is InChI=1S/C15H24ClNO3S/c1-5-11(4)14(15(18)10(2)3)17-21(19,20)13-8-6-12(16)7-9-13/h6-11,14-15,17-18H,5H2,1-4H3/t11-,14-,15?/m0/s1. The lowest BCUT2D eigenvalue weighted by Gasteiger charge is -2.31. The Morgan fingerprint density at radius 3 is 2.14 bits per heavy atom. The number of aliphatic hydroxyl groups is 1. The Labute approximate surface area is 132 Å². The molecule has 0 saturated carbocycles. The third-order valence-corrected chi connectivity index (χ3v) is 5.45. The van der Waals surface area contributed by atoms with E-state index in [9.17, 15) is 13.5 Å². The van der Waals surface area contributed by atoms with Crippen LogP contribution in [0.4, 0.5) is 0 Å². The molecule has 1 aromatic carbocycles. The van der Waals surface area contributed by atoms with E-state index in [-0.39, 0.29) is 16.7 Å². The van der Waals surface area contributed by atoms with Gasteiger partial charge in [-0.1, -0.05) is 45.7 Å². The normalized spacial score (nSPS) is 16.7. The molecule has 0 heterocycles. The van der Waals surface area contributed by atoms with Crippen LogP contribution in [0, 0.1) is 11.8 Å². The third-order valence-electron chi connectivity index (χ3n) is 3.72. The number of benzene rings is 1. The van der Waals surface area contributed by atoms with Crippen LogP contribution >= 0.6 is 11.6 Å². The summed E-state index contributed by atoms with van der Waals surface area (Å²) in [6, 6.07) is 5.47. The molecule has 0 saturated heterocycles. The average Bonchev–Trinajstić information content (AvgIpc) is 2.43. The predicted octanol–water partition coefficient (Wildman–Crippen LogP) is 3.05. The second kappa shape index (κ2) is 7.58. The molecule has 0 amide bonds. The van der Waals surface area contributed by atoms with E-state index in [1.54, 1.807) is 0 Å². The summed E-state index contributed by atoms with van der Waals surface area (Å²) >= 11 is 5.78. The summed E-state index contributed by atoms with van der Waals surface area (Å²) in [6.45, 7) is 7.65. The number of halogens is 1. The largest absolute Gasteiger partial charge is 0.391 e. The lowest BCUT2D eigenvalue weighted by Crippen LogP contribution is -2.49. The van der Waals surface area contributed by atoms with Crippen molar-refractivity contribution in [3.05, 3.63) is 29.3 Å². The summed E-state index contributed by atoms with van der Waals surface area (Å²) in [4.78, 5) is 0.149. The van der Waals surface area contributed by atoms with Crippen molar-refractivity contribution in [2.75, 3.05) is 0 Å². The number of nitrogens with one attached hydrogen (secondary N) is 1. The first-order chi connectivity index (χ1) is 9.69. The molecule has 0 radical (unpaired) electrons. The van der Waals surface area contributed by atoms with Crippen LogP contribution in [0.2, 0.25) is 5.02 Å². The van der Waals surface area contributed by atoms with Crippen LogP contribution in [-0.4, -0.2) is 25.7 Å². The Balaban J connectivity index is 3.04. The van der Waals surface area contributed by atoms with Crippen molar-refractivity contribution in [2.24, 2.45) is 11.8 Å². The summed E-state index contributed by atoms with van der Waals surface area (Å²) in [7, 11) is -3.68. The van der Waals surface area contributed by atoms with E-state index in [0.717, 1.165) is 6.42 Å². The quantitative estimate of drug-likeness (QED) is 0.806. The van der Waals surface area contributed by atoms with Gasteiger partial charge in [0, 0.05) is 5.02 Å². The van der Waals surface area contributed by atoms with Crippen LogP contribution in [0.15, 0.2) is 29.2 Å². The fourth-order valence-electron chi connectivity index (χ4n) is 2.05. The second-order valence-electron chi connectivity index (χ2n) is 5.72. The topological polar surface area (TPSA) is 66.4 Å². The van der Waals surface area contributed by atoms with Crippen molar-refractivity contribution in [2.45, 2.75) is 51.2 Å².